The van der Waals surface area contributed by atoms with E-state index in [2.05, 4.69) is 24.5 Å². The van der Waals surface area contributed by atoms with E-state index in [0.29, 0.717) is 22.5 Å². The molecule has 2 saturated carbocycles. The monoisotopic (exact) mass is 581 g/mol. The molecule has 4 fully saturated rings. The Balaban J connectivity index is 1.32. The normalized spacial score (nSPS) is 37.0. The Hall–Kier alpha value is -2.38. The molecule has 0 radical (unpaired) electrons. The minimum atomic E-state index is -1.13. The lowest BCUT2D eigenvalue weighted by Crippen LogP contribution is -2.59. The number of hydrogen-bond acceptors (Lipinski definition) is 4. The van der Waals surface area contributed by atoms with Crippen molar-refractivity contribution in [3.63, 3.8) is 0 Å². The molecule has 1 aromatic rings. The van der Waals surface area contributed by atoms with E-state index in [1.165, 1.54) is 12.8 Å². The van der Waals surface area contributed by atoms with E-state index in [9.17, 15) is 14.4 Å². The largest absolute Gasteiger partial charge is 0.359 e. The summed E-state index contributed by atoms with van der Waals surface area (Å²) in [5.41, 5.74) is 0.375. The Labute approximate surface area is 248 Å². The summed E-state index contributed by atoms with van der Waals surface area (Å²) < 4.78 is 6.60. The molecule has 2 saturated heterocycles. The van der Waals surface area contributed by atoms with Gasteiger partial charge in [0.15, 0.2) is 0 Å². The molecule has 1 spiro atoms. The zero-order valence-corrected chi connectivity index (χ0v) is 25.3. The lowest BCUT2D eigenvalue weighted by molar-refractivity contribution is -0.144. The summed E-state index contributed by atoms with van der Waals surface area (Å²) in [6.07, 6.45) is 13.8. The van der Waals surface area contributed by atoms with Crippen molar-refractivity contribution in [3.05, 3.63) is 40.9 Å². The number of ether oxygens (including phenoxy) is 1. The van der Waals surface area contributed by atoms with E-state index < -0.39 is 29.6 Å². The smallest absolute Gasteiger partial charge is 0.246 e. The highest BCUT2D eigenvalue weighted by Crippen LogP contribution is 2.56. The molecule has 1 aromatic carbocycles. The van der Waals surface area contributed by atoms with Gasteiger partial charge in [-0.3, -0.25) is 14.4 Å². The fourth-order valence-electron chi connectivity index (χ4n) is 8.26. The van der Waals surface area contributed by atoms with Gasteiger partial charge in [-0.25, -0.2) is 0 Å². The summed E-state index contributed by atoms with van der Waals surface area (Å²) in [6, 6.07) is 4.68. The molecule has 2 bridgehead atoms. The summed E-state index contributed by atoms with van der Waals surface area (Å²) in [5.74, 6) is -1.07. The molecule has 0 aromatic heterocycles. The predicted molar refractivity (Wildman–Crippen MR) is 159 cm³/mol. The van der Waals surface area contributed by atoms with Gasteiger partial charge in [0, 0.05) is 22.8 Å². The highest BCUT2D eigenvalue weighted by molar-refractivity contribution is 6.31. The first-order valence-electron chi connectivity index (χ1n) is 15.8. The lowest BCUT2D eigenvalue weighted by Gasteiger charge is -2.40. The van der Waals surface area contributed by atoms with E-state index in [0.717, 1.165) is 56.9 Å². The molecule has 41 heavy (non-hydrogen) atoms. The van der Waals surface area contributed by atoms with Crippen molar-refractivity contribution in [2.75, 3.05) is 5.32 Å². The zero-order valence-electron chi connectivity index (χ0n) is 24.5. The van der Waals surface area contributed by atoms with Crippen molar-refractivity contribution in [3.8, 4) is 0 Å². The van der Waals surface area contributed by atoms with Crippen LogP contribution in [0.5, 0.6) is 0 Å². The number of carbonyl (C=O) groups excluding carboxylic acids is 3. The van der Waals surface area contributed by atoms with Gasteiger partial charge in [0.25, 0.3) is 0 Å². The molecular formula is C33H44ClN3O4. The number of aryl methyl sites for hydroxylation is 1. The number of rotatable bonds is 5. The van der Waals surface area contributed by atoms with Crippen LogP contribution in [0, 0.1) is 30.6 Å². The van der Waals surface area contributed by atoms with Gasteiger partial charge in [-0.2, -0.15) is 0 Å². The molecule has 0 unspecified atom stereocenters. The molecule has 222 valence electrons. The zero-order chi connectivity index (χ0) is 28.9. The van der Waals surface area contributed by atoms with Gasteiger partial charge in [-0.15, -0.1) is 0 Å². The lowest BCUT2D eigenvalue weighted by atomic mass is 9.73. The van der Waals surface area contributed by atoms with E-state index in [-0.39, 0.29) is 29.8 Å². The fraction of sp³-hybridized carbons (Fsp3) is 0.667. The van der Waals surface area contributed by atoms with E-state index in [1.54, 1.807) is 6.07 Å². The second kappa shape index (κ2) is 11.4. The molecule has 6 rings (SSSR count). The van der Waals surface area contributed by atoms with Crippen molar-refractivity contribution >= 4 is 35.0 Å². The molecule has 8 heteroatoms. The fourth-order valence-corrected chi connectivity index (χ4v) is 8.44. The summed E-state index contributed by atoms with van der Waals surface area (Å²) >= 11 is 6.32. The predicted octanol–water partition coefficient (Wildman–Crippen LogP) is 5.79. The molecular weight excluding hydrogens is 538 g/mol. The van der Waals surface area contributed by atoms with Crippen LogP contribution in [0.25, 0.3) is 0 Å². The van der Waals surface area contributed by atoms with Crippen LogP contribution in [-0.2, 0) is 19.1 Å². The number of amides is 3. The average molecular weight is 582 g/mol. The third-order valence-corrected chi connectivity index (χ3v) is 11.2. The van der Waals surface area contributed by atoms with Crippen molar-refractivity contribution in [2.45, 2.75) is 115 Å². The van der Waals surface area contributed by atoms with Crippen LogP contribution in [0.1, 0.15) is 83.6 Å². The van der Waals surface area contributed by atoms with Gasteiger partial charge in [-0.05, 0) is 55.7 Å². The Kier molecular flexibility index (Phi) is 7.96. The van der Waals surface area contributed by atoms with Gasteiger partial charge >= 0.3 is 0 Å². The Morgan fingerprint density at radius 2 is 1.73 bits per heavy atom. The van der Waals surface area contributed by atoms with Gasteiger partial charge in [0.1, 0.15) is 11.6 Å². The van der Waals surface area contributed by atoms with Gasteiger partial charge < -0.3 is 20.3 Å². The number of nitrogens with one attached hydrogen (secondary N) is 2. The average Bonchev–Trinajstić information content (AvgIpc) is 3.56. The number of halogens is 1. The second-order valence-corrected chi connectivity index (χ2v) is 13.7. The van der Waals surface area contributed by atoms with Crippen molar-refractivity contribution in [1.82, 2.24) is 10.2 Å². The summed E-state index contributed by atoms with van der Waals surface area (Å²) in [5, 5.41) is 6.94. The van der Waals surface area contributed by atoms with E-state index >= 15 is 0 Å². The third kappa shape index (κ3) is 5.01. The number of hydrogen-bond donors (Lipinski definition) is 2. The van der Waals surface area contributed by atoms with Crippen LogP contribution < -0.4 is 10.6 Å². The standard InChI is InChI=1S/C33H44ClN3O4/c1-19-10-9-13-25(21(19)3)36-31(39)29-33-17-16-26(41-33)27(30(38)35-22-15-14-20(2)24(34)18-22)28(33)32(40)37(29)23-11-7-5-4-6-8-12-23/h14-19,21,23,25-29H,4-13H2,1-3H3,(H,35,38)(H,36,39)/t19-,21+,25+,26-,27+,28-,29-,33-/m0/s1. The second-order valence-electron chi connectivity index (χ2n) is 13.3. The molecule has 7 nitrogen and oxygen atoms in total. The first-order valence-corrected chi connectivity index (χ1v) is 16.2. The quantitative estimate of drug-likeness (QED) is 0.431. The molecule has 2 N–H and O–H groups in total. The maximum absolute atomic E-state index is 14.5. The highest BCUT2D eigenvalue weighted by atomic mass is 35.5. The molecule has 3 amide bonds. The number of fused-ring (bicyclic) bond motifs is 1. The first-order chi connectivity index (χ1) is 19.7. The number of nitrogens with zero attached hydrogens (tertiary/aromatic N) is 1. The van der Waals surface area contributed by atoms with Crippen molar-refractivity contribution in [2.24, 2.45) is 23.7 Å². The van der Waals surface area contributed by atoms with Crippen molar-refractivity contribution < 1.29 is 19.1 Å². The molecule has 2 aliphatic carbocycles. The minimum absolute atomic E-state index is 0.0307. The topological polar surface area (TPSA) is 87.7 Å². The van der Waals surface area contributed by atoms with Crippen LogP contribution in [0.2, 0.25) is 5.02 Å². The summed E-state index contributed by atoms with van der Waals surface area (Å²) in [7, 11) is 0. The highest BCUT2D eigenvalue weighted by Gasteiger charge is 2.73. The third-order valence-electron chi connectivity index (χ3n) is 10.8. The van der Waals surface area contributed by atoms with Crippen LogP contribution in [0.3, 0.4) is 0 Å². The SMILES string of the molecule is Cc1ccc(NC(=O)[C@@H]2[C@@H]3C=C[C@]4(O3)[C@@H]2C(=O)N(C2CCCCCCC2)[C@H]4C(=O)N[C@@H]2CCC[C@H](C)[C@H]2C)cc1Cl. The summed E-state index contributed by atoms with van der Waals surface area (Å²) in [4.78, 5) is 44.5. The Morgan fingerprint density at radius 1 is 1.00 bits per heavy atom. The molecule has 5 aliphatic rings. The van der Waals surface area contributed by atoms with E-state index in [1.807, 2.05) is 36.1 Å². The summed E-state index contributed by atoms with van der Waals surface area (Å²) in [6.45, 7) is 6.39. The van der Waals surface area contributed by atoms with Crippen LogP contribution >= 0.6 is 11.6 Å². The maximum atomic E-state index is 14.5. The maximum Gasteiger partial charge on any atom is 0.246 e. The van der Waals surface area contributed by atoms with Gasteiger partial charge in [0.2, 0.25) is 17.7 Å². The molecule has 8 atom stereocenters. The van der Waals surface area contributed by atoms with Crippen LogP contribution in [-0.4, -0.2) is 52.5 Å². The first kappa shape index (κ1) is 28.7. The number of likely N-dealkylation sites (tertiary alicyclic amines) is 1. The van der Waals surface area contributed by atoms with Crippen LogP contribution in [0.4, 0.5) is 5.69 Å². The van der Waals surface area contributed by atoms with Gasteiger partial charge in [0.05, 0.1) is 17.9 Å². The molecule has 3 heterocycles. The Morgan fingerprint density at radius 3 is 2.46 bits per heavy atom. The number of benzene rings is 1. The van der Waals surface area contributed by atoms with Crippen molar-refractivity contribution in [1.29, 1.82) is 0 Å². The van der Waals surface area contributed by atoms with E-state index in [4.69, 9.17) is 16.3 Å². The number of carbonyl (C=O) groups is 3. The van der Waals surface area contributed by atoms with Crippen LogP contribution in [0.15, 0.2) is 30.4 Å². The molecule has 3 aliphatic heterocycles. The Bertz CT molecular complexity index is 1230. The number of anilines is 1. The van der Waals surface area contributed by atoms with Gasteiger partial charge in [-0.1, -0.05) is 88.6 Å². The minimum Gasteiger partial charge on any atom is -0.359 e.